The van der Waals surface area contributed by atoms with Gasteiger partial charge in [-0.25, -0.2) is 4.68 Å². The molecular formula is C21H24N4O2. The summed E-state index contributed by atoms with van der Waals surface area (Å²) in [6, 6.07) is 14.0. The molecule has 1 aliphatic heterocycles. The third kappa shape index (κ3) is 3.66. The van der Waals surface area contributed by atoms with Gasteiger partial charge in [0.05, 0.1) is 11.6 Å². The zero-order chi connectivity index (χ0) is 18.8. The Morgan fingerprint density at radius 1 is 1.26 bits per heavy atom. The maximum absolute atomic E-state index is 11.9. The number of likely N-dealkylation sites (tertiary alicyclic amines) is 1. The molecule has 2 aromatic heterocycles. The highest BCUT2D eigenvalue weighted by molar-refractivity contribution is 5.78. The Kier molecular flexibility index (Phi) is 4.81. The summed E-state index contributed by atoms with van der Waals surface area (Å²) in [5.41, 5.74) is 2.97. The van der Waals surface area contributed by atoms with Crippen LogP contribution in [0.25, 0.3) is 17.1 Å². The lowest BCUT2D eigenvalue weighted by Gasteiger charge is -2.15. The number of carbonyl (C=O) groups excluding carboxylic acids is 1. The van der Waals surface area contributed by atoms with Gasteiger partial charge in [0.15, 0.2) is 5.76 Å². The van der Waals surface area contributed by atoms with Crippen LogP contribution in [0.3, 0.4) is 0 Å². The largest absolute Gasteiger partial charge is 0.460 e. The van der Waals surface area contributed by atoms with Gasteiger partial charge in [0.2, 0.25) is 5.91 Å². The molecule has 1 fully saturated rings. The minimum atomic E-state index is 0.0634. The Bertz CT molecular complexity index is 929. The number of rotatable bonds is 5. The van der Waals surface area contributed by atoms with Crippen molar-refractivity contribution in [3.63, 3.8) is 0 Å². The van der Waals surface area contributed by atoms with Gasteiger partial charge in [0, 0.05) is 31.9 Å². The van der Waals surface area contributed by atoms with E-state index in [0.717, 1.165) is 54.5 Å². The Morgan fingerprint density at radius 3 is 2.78 bits per heavy atom. The molecule has 6 nitrogen and oxygen atoms in total. The van der Waals surface area contributed by atoms with Crippen LogP contribution in [-0.4, -0.2) is 40.7 Å². The molecule has 0 bridgehead atoms. The molecule has 140 valence electrons. The summed E-state index contributed by atoms with van der Waals surface area (Å²) in [5.74, 6) is 1.83. The average molecular weight is 364 g/mol. The highest BCUT2D eigenvalue weighted by atomic mass is 16.3. The molecule has 1 amide bonds. The molecule has 3 heterocycles. The molecule has 4 rings (SSSR count). The van der Waals surface area contributed by atoms with E-state index in [-0.39, 0.29) is 11.8 Å². The van der Waals surface area contributed by atoms with Crippen molar-refractivity contribution >= 4 is 5.91 Å². The topological polar surface area (TPSA) is 63.3 Å². The predicted octanol–water partition coefficient (Wildman–Crippen LogP) is 3.01. The van der Waals surface area contributed by atoms with Gasteiger partial charge in [0.25, 0.3) is 0 Å². The Morgan fingerprint density at radius 2 is 2.07 bits per heavy atom. The monoisotopic (exact) mass is 364 g/mol. The first-order valence-corrected chi connectivity index (χ1v) is 9.29. The quantitative estimate of drug-likeness (QED) is 0.756. The average Bonchev–Trinajstić information content (AvgIpc) is 3.42. The molecule has 1 unspecified atom stereocenters. The molecule has 27 heavy (non-hydrogen) atoms. The van der Waals surface area contributed by atoms with Crippen LogP contribution in [0, 0.1) is 12.8 Å². The van der Waals surface area contributed by atoms with Crippen LogP contribution in [0.2, 0.25) is 0 Å². The molecule has 6 heteroatoms. The van der Waals surface area contributed by atoms with Crippen LogP contribution < -0.4 is 5.32 Å². The van der Waals surface area contributed by atoms with E-state index in [0.29, 0.717) is 0 Å². The maximum Gasteiger partial charge on any atom is 0.224 e. The van der Waals surface area contributed by atoms with E-state index in [1.54, 1.807) is 7.05 Å². The number of hydrogen-bond donors (Lipinski definition) is 1. The molecule has 0 saturated carbocycles. The van der Waals surface area contributed by atoms with Crippen molar-refractivity contribution in [2.24, 2.45) is 5.92 Å². The van der Waals surface area contributed by atoms with E-state index in [1.807, 2.05) is 54.1 Å². The Labute approximate surface area is 158 Å². The number of aromatic nitrogens is 2. The summed E-state index contributed by atoms with van der Waals surface area (Å²) < 4.78 is 7.74. The summed E-state index contributed by atoms with van der Waals surface area (Å²) in [6.07, 6.45) is 2.96. The molecule has 1 aliphatic rings. The van der Waals surface area contributed by atoms with E-state index in [4.69, 9.17) is 9.52 Å². The van der Waals surface area contributed by atoms with Crippen molar-refractivity contribution in [3.8, 4) is 17.1 Å². The van der Waals surface area contributed by atoms with Gasteiger partial charge in [-0.1, -0.05) is 18.2 Å². The first-order valence-electron chi connectivity index (χ1n) is 9.29. The number of furan rings is 1. The second-order valence-corrected chi connectivity index (χ2v) is 7.03. The number of para-hydroxylation sites is 1. The molecule has 1 atom stereocenters. The lowest BCUT2D eigenvalue weighted by molar-refractivity contribution is -0.124. The minimum absolute atomic E-state index is 0.0634. The number of hydrogen-bond acceptors (Lipinski definition) is 4. The molecule has 0 aliphatic carbocycles. The van der Waals surface area contributed by atoms with Gasteiger partial charge in [-0.15, -0.1) is 0 Å². The van der Waals surface area contributed by atoms with Crippen molar-refractivity contribution < 1.29 is 9.21 Å². The molecule has 1 saturated heterocycles. The van der Waals surface area contributed by atoms with Crippen molar-refractivity contribution in [1.29, 1.82) is 0 Å². The third-order valence-corrected chi connectivity index (χ3v) is 5.07. The lowest BCUT2D eigenvalue weighted by atomic mass is 10.1. The fourth-order valence-electron chi connectivity index (χ4n) is 3.64. The summed E-state index contributed by atoms with van der Waals surface area (Å²) in [5, 5.41) is 7.55. The highest BCUT2D eigenvalue weighted by Crippen LogP contribution is 2.28. The fourth-order valence-corrected chi connectivity index (χ4v) is 3.64. The fraction of sp³-hybridized carbons (Fsp3) is 0.333. The molecule has 1 N–H and O–H groups in total. The summed E-state index contributed by atoms with van der Waals surface area (Å²) in [4.78, 5) is 14.2. The zero-order valence-corrected chi connectivity index (χ0v) is 15.7. The minimum Gasteiger partial charge on any atom is -0.460 e. The highest BCUT2D eigenvalue weighted by Gasteiger charge is 2.28. The first-order chi connectivity index (χ1) is 13.1. The molecule has 0 spiro atoms. The first kappa shape index (κ1) is 17.5. The van der Waals surface area contributed by atoms with Crippen LogP contribution in [0.15, 0.2) is 53.1 Å². The predicted molar refractivity (Wildman–Crippen MR) is 103 cm³/mol. The number of nitrogens with zero attached hydrogens (tertiary/aromatic N) is 3. The van der Waals surface area contributed by atoms with Crippen molar-refractivity contribution in [2.45, 2.75) is 19.9 Å². The van der Waals surface area contributed by atoms with Crippen LogP contribution in [0.4, 0.5) is 0 Å². The maximum atomic E-state index is 11.9. The van der Waals surface area contributed by atoms with Crippen LogP contribution >= 0.6 is 0 Å². The van der Waals surface area contributed by atoms with Crippen molar-refractivity contribution in [2.75, 3.05) is 20.1 Å². The molecular weight excluding hydrogens is 340 g/mol. The van der Waals surface area contributed by atoms with E-state index in [1.165, 1.54) is 0 Å². The number of nitrogens with one attached hydrogen (secondary N) is 1. The van der Waals surface area contributed by atoms with E-state index in [2.05, 4.69) is 16.4 Å². The molecule has 0 radical (unpaired) electrons. The van der Waals surface area contributed by atoms with Crippen molar-refractivity contribution in [1.82, 2.24) is 20.0 Å². The SMILES string of the molecule is CNC(=O)C1CCN(Cc2cn(-c3ccccc3)nc2-c2ccc(C)o2)C1. The van der Waals surface area contributed by atoms with E-state index >= 15 is 0 Å². The molecule has 3 aromatic rings. The number of carbonyl (C=O) groups is 1. The number of amides is 1. The standard InChI is InChI=1S/C21H24N4O2/c1-15-8-9-19(27-15)20-17(13-24-11-10-16(12-24)21(26)22-2)14-25(23-20)18-6-4-3-5-7-18/h3-9,14,16H,10-13H2,1-2H3,(H,22,26). The van der Waals surface area contributed by atoms with Gasteiger partial charge in [0.1, 0.15) is 11.5 Å². The summed E-state index contributed by atoms with van der Waals surface area (Å²) in [7, 11) is 1.70. The van der Waals surface area contributed by atoms with Crippen LogP contribution in [-0.2, 0) is 11.3 Å². The number of aryl methyl sites for hydroxylation is 1. The summed E-state index contributed by atoms with van der Waals surface area (Å²) >= 11 is 0. The normalized spacial score (nSPS) is 17.3. The van der Waals surface area contributed by atoms with Crippen molar-refractivity contribution in [3.05, 3.63) is 60.0 Å². The van der Waals surface area contributed by atoms with Gasteiger partial charge >= 0.3 is 0 Å². The van der Waals surface area contributed by atoms with E-state index in [9.17, 15) is 4.79 Å². The van der Waals surface area contributed by atoms with Gasteiger partial charge in [-0.3, -0.25) is 9.69 Å². The van der Waals surface area contributed by atoms with E-state index < -0.39 is 0 Å². The van der Waals surface area contributed by atoms with Gasteiger partial charge in [-0.2, -0.15) is 5.10 Å². The lowest BCUT2D eigenvalue weighted by Crippen LogP contribution is -2.30. The second-order valence-electron chi connectivity index (χ2n) is 7.03. The van der Waals surface area contributed by atoms with Crippen LogP contribution in [0.1, 0.15) is 17.7 Å². The Hall–Kier alpha value is -2.86. The number of benzene rings is 1. The second kappa shape index (κ2) is 7.40. The zero-order valence-electron chi connectivity index (χ0n) is 15.7. The third-order valence-electron chi connectivity index (χ3n) is 5.07. The Balaban J connectivity index is 1.63. The molecule has 1 aromatic carbocycles. The summed E-state index contributed by atoms with van der Waals surface area (Å²) in [6.45, 7) is 4.36. The van der Waals surface area contributed by atoms with Crippen LogP contribution in [0.5, 0.6) is 0 Å². The van der Waals surface area contributed by atoms with Gasteiger partial charge in [-0.05, 0) is 44.2 Å². The smallest absolute Gasteiger partial charge is 0.224 e. The van der Waals surface area contributed by atoms with Gasteiger partial charge < -0.3 is 9.73 Å².